The molecule has 0 aromatic carbocycles. The minimum atomic E-state index is 0.580. The zero-order valence-corrected chi connectivity index (χ0v) is 8.54. The van der Waals surface area contributed by atoms with Gasteiger partial charge in [-0.3, -0.25) is 0 Å². The molecule has 1 saturated carbocycles. The summed E-state index contributed by atoms with van der Waals surface area (Å²) in [6.45, 7) is 0. The number of hydrogen-bond donors (Lipinski definition) is 0. The fourth-order valence-corrected chi connectivity index (χ4v) is 2.11. The third kappa shape index (κ3) is 1.14. The van der Waals surface area contributed by atoms with Crippen LogP contribution in [0.5, 0.6) is 0 Å². The summed E-state index contributed by atoms with van der Waals surface area (Å²) < 4.78 is 2.25. The lowest BCUT2D eigenvalue weighted by molar-refractivity contribution is 0.320. The number of pyridine rings is 1. The third-order valence-corrected chi connectivity index (χ3v) is 3.21. The van der Waals surface area contributed by atoms with E-state index in [1.54, 1.807) is 0 Å². The number of nitrogens with zero attached hydrogens (tertiary/aromatic N) is 2. The van der Waals surface area contributed by atoms with E-state index in [2.05, 4.69) is 21.8 Å². The van der Waals surface area contributed by atoms with Crippen molar-refractivity contribution in [1.82, 2.24) is 9.55 Å². The van der Waals surface area contributed by atoms with Crippen molar-refractivity contribution < 1.29 is 0 Å². The molecule has 72 valence electrons. The van der Waals surface area contributed by atoms with E-state index in [1.165, 1.54) is 24.6 Å². The Labute approximate surface area is 87.5 Å². The second-order valence-corrected chi connectivity index (χ2v) is 4.24. The van der Waals surface area contributed by atoms with Crippen LogP contribution in [0.25, 0.3) is 11.0 Å². The van der Waals surface area contributed by atoms with Crippen LogP contribution < -0.4 is 0 Å². The molecule has 2 aromatic rings. The van der Waals surface area contributed by atoms with Gasteiger partial charge in [-0.1, -0.05) is 11.6 Å². The van der Waals surface area contributed by atoms with Gasteiger partial charge in [0.15, 0.2) is 0 Å². The first kappa shape index (κ1) is 8.30. The van der Waals surface area contributed by atoms with Crippen LogP contribution in [-0.4, -0.2) is 9.55 Å². The molecule has 14 heavy (non-hydrogen) atoms. The fourth-order valence-electron chi connectivity index (χ4n) is 1.96. The lowest BCUT2D eigenvalue weighted by Crippen LogP contribution is -2.16. The zero-order chi connectivity index (χ0) is 9.54. The van der Waals surface area contributed by atoms with E-state index in [-0.39, 0.29) is 0 Å². The summed E-state index contributed by atoms with van der Waals surface area (Å²) in [6.07, 6.45) is 6.01. The smallest absolute Gasteiger partial charge is 0.141 e. The molecule has 0 atom stereocenters. The summed E-state index contributed by atoms with van der Waals surface area (Å²) in [6, 6.07) is 6.63. The number of halogens is 1. The molecule has 0 spiro atoms. The number of fused-ring (bicyclic) bond motifs is 1. The first-order valence-corrected chi connectivity index (χ1v) is 5.35. The molecule has 0 radical (unpaired) electrons. The van der Waals surface area contributed by atoms with Crippen LogP contribution in [0.1, 0.15) is 25.3 Å². The molecule has 1 aliphatic carbocycles. The van der Waals surface area contributed by atoms with Crippen molar-refractivity contribution in [3.05, 3.63) is 29.5 Å². The van der Waals surface area contributed by atoms with E-state index >= 15 is 0 Å². The number of rotatable bonds is 1. The molecular weight excluding hydrogens is 196 g/mol. The Balaban J connectivity index is 2.18. The monoisotopic (exact) mass is 206 g/mol. The topological polar surface area (TPSA) is 17.8 Å². The minimum absolute atomic E-state index is 0.580. The van der Waals surface area contributed by atoms with Crippen LogP contribution in [0.4, 0.5) is 0 Å². The average molecular weight is 207 g/mol. The van der Waals surface area contributed by atoms with Crippen molar-refractivity contribution in [2.45, 2.75) is 25.3 Å². The highest BCUT2D eigenvalue weighted by Gasteiger charge is 2.20. The molecule has 1 aliphatic rings. The average Bonchev–Trinajstić information content (AvgIpc) is 2.46. The van der Waals surface area contributed by atoms with Crippen molar-refractivity contribution in [1.29, 1.82) is 0 Å². The zero-order valence-electron chi connectivity index (χ0n) is 7.78. The molecule has 1 fully saturated rings. The summed E-state index contributed by atoms with van der Waals surface area (Å²) >= 11 is 5.89. The number of aromatic nitrogens is 2. The summed E-state index contributed by atoms with van der Waals surface area (Å²) in [7, 11) is 0. The molecule has 2 nitrogen and oxygen atoms in total. The number of hydrogen-bond acceptors (Lipinski definition) is 1. The van der Waals surface area contributed by atoms with Crippen molar-refractivity contribution >= 4 is 22.6 Å². The van der Waals surface area contributed by atoms with Gasteiger partial charge in [0.05, 0.1) is 0 Å². The normalized spacial score (nSPS) is 17.2. The Morgan fingerprint density at radius 1 is 1.29 bits per heavy atom. The van der Waals surface area contributed by atoms with Gasteiger partial charge in [0.25, 0.3) is 0 Å². The first-order valence-electron chi connectivity index (χ1n) is 4.98. The second-order valence-electron chi connectivity index (χ2n) is 3.85. The highest BCUT2D eigenvalue weighted by Crippen LogP contribution is 2.34. The maximum atomic E-state index is 5.89. The molecule has 3 rings (SSSR count). The van der Waals surface area contributed by atoms with Gasteiger partial charge in [0, 0.05) is 17.6 Å². The fraction of sp³-hybridized carbons (Fsp3) is 0.364. The van der Waals surface area contributed by atoms with Crippen molar-refractivity contribution in [3.63, 3.8) is 0 Å². The van der Waals surface area contributed by atoms with E-state index in [9.17, 15) is 0 Å². The minimum Gasteiger partial charge on any atom is -0.329 e. The molecular formula is C11H11ClN2. The van der Waals surface area contributed by atoms with Crippen LogP contribution in [0.15, 0.2) is 24.4 Å². The Hall–Kier alpha value is -1.02. The maximum Gasteiger partial charge on any atom is 0.141 e. The van der Waals surface area contributed by atoms with Crippen molar-refractivity contribution in [3.8, 4) is 0 Å². The summed E-state index contributed by atoms with van der Waals surface area (Å²) in [4.78, 5) is 4.37. The van der Waals surface area contributed by atoms with Gasteiger partial charge in [0.2, 0.25) is 0 Å². The molecule has 3 heteroatoms. The highest BCUT2D eigenvalue weighted by atomic mass is 35.5. The molecule has 2 heterocycles. The van der Waals surface area contributed by atoms with E-state index < -0.39 is 0 Å². The SMILES string of the molecule is Clc1ccc2ccn(C3CCC3)c2n1. The molecule has 0 amide bonds. The quantitative estimate of drug-likeness (QED) is 0.654. The summed E-state index contributed by atoms with van der Waals surface area (Å²) in [5.74, 6) is 0. The molecule has 2 aromatic heterocycles. The maximum absolute atomic E-state index is 5.89. The van der Waals surface area contributed by atoms with E-state index in [1.807, 2.05) is 12.1 Å². The van der Waals surface area contributed by atoms with E-state index in [0.717, 1.165) is 5.65 Å². The molecule has 0 saturated heterocycles. The Morgan fingerprint density at radius 2 is 2.14 bits per heavy atom. The third-order valence-electron chi connectivity index (χ3n) is 3.00. The van der Waals surface area contributed by atoms with Crippen molar-refractivity contribution in [2.24, 2.45) is 0 Å². The van der Waals surface area contributed by atoms with Gasteiger partial charge in [-0.2, -0.15) is 0 Å². The summed E-state index contributed by atoms with van der Waals surface area (Å²) in [5.41, 5.74) is 1.03. The Bertz CT molecular complexity index is 471. The molecule has 0 aliphatic heterocycles. The standard InChI is InChI=1S/C11H11ClN2/c12-10-5-4-8-6-7-14(11(8)13-10)9-2-1-3-9/h4-7,9H,1-3H2. The first-order chi connectivity index (χ1) is 6.84. The van der Waals surface area contributed by atoms with Gasteiger partial charge in [-0.05, 0) is 37.5 Å². The highest BCUT2D eigenvalue weighted by molar-refractivity contribution is 6.29. The predicted octanol–water partition coefficient (Wildman–Crippen LogP) is 3.41. The van der Waals surface area contributed by atoms with Gasteiger partial charge >= 0.3 is 0 Å². The van der Waals surface area contributed by atoms with Gasteiger partial charge in [-0.15, -0.1) is 0 Å². The van der Waals surface area contributed by atoms with Gasteiger partial charge in [0.1, 0.15) is 10.8 Å². The molecule has 0 N–H and O–H groups in total. The van der Waals surface area contributed by atoms with Gasteiger partial charge in [-0.25, -0.2) is 4.98 Å². The van der Waals surface area contributed by atoms with Crippen LogP contribution in [-0.2, 0) is 0 Å². The second kappa shape index (κ2) is 2.99. The predicted molar refractivity (Wildman–Crippen MR) is 57.6 cm³/mol. The van der Waals surface area contributed by atoms with Crippen LogP contribution >= 0.6 is 11.6 Å². The Morgan fingerprint density at radius 3 is 2.86 bits per heavy atom. The Kier molecular flexibility index (Phi) is 1.77. The van der Waals surface area contributed by atoms with Crippen molar-refractivity contribution in [2.75, 3.05) is 0 Å². The van der Waals surface area contributed by atoms with Crippen LogP contribution in [0.2, 0.25) is 5.15 Å². The van der Waals surface area contributed by atoms with Gasteiger partial charge < -0.3 is 4.57 Å². The lowest BCUT2D eigenvalue weighted by atomic mass is 9.93. The molecule has 0 unspecified atom stereocenters. The molecule has 0 bridgehead atoms. The van der Waals surface area contributed by atoms with E-state index in [0.29, 0.717) is 11.2 Å². The lowest BCUT2D eigenvalue weighted by Gasteiger charge is -2.27. The van der Waals surface area contributed by atoms with Crippen LogP contribution in [0, 0.1) is 0 Å². The van der Waals surface area contributed by atoms with Crippen LogP contribution in [0.3, 0.4) is 0 Å². The van der Waals surface area contributed by atoms with E-state index in [4.69, 9.17) is 11.6 Å². The largest absolute Gasteiger partial charge is 0.329 e. The summed E-state index contributed by atoms with van der Waals surface area (Å²) in [5, 5.41) is 1.76.